The van der Waals surface area contributed by atoms with Crippen molar-refractivity contribution in [2.24, 2.45) is 0 Å². The summed E-state index contributed by atoms with van der Waals surface area (Å²) in [7, 11) is -1.81. The van der Waals surface area contributed by atoms with E-state index in [1.54, 1.807) is 6.07 Å². The molecule has 0 aliphatic carbocycles. The summed E-state index contributed by atoms with van der Waals surface area (Å²) in [5.41, 5.74) is 3.23. The molecule has 0 fully saturated rings. The summed E-state index contributed by atoms with van der Waals surface area (Å²) >= 11 is 0. The van der Waals surface area contributed by atoms with E-state index in [1.807, 2.05) is 32.0 Å². The number of benzene rings is 2. The monoisotopic (exact) mass is 397 g/mol. The molecule has 2 aromatic carbocycles. The first-order valence-corrected chi connectivity index (χ1v) is 9.50. The number of fused-ring (bicyclic) bond motifs is 2. The topological polar surface area (TPSA) is 102 Å². The van der Waals surface area contributed by atoms with Gasteiger partial charge in [0.1, 0.15) is 0 Å². The van der Waals surface area contributed by atoms with Crippen LogP contribution in [0.15, 0.2) is 42.5 Å². The van der Waals surface area contributed by atoms with E-state index in [-0.39, 0.29) is 16.5 Å². The summed E-state index contributed by atoms with van der Waals surface area (Å²) in [5, 5.41) is 29.9. The number of hydrogen-bond donors (Lipinski definition) is 2. The van der Waals surface area contributed by atoms with Gasteiger partial charge in [-0.25, -0.2) is 0 Å². The molecule has 2 heterocycles. The molecule has 7 nitrogen and oxygen atoms in total. The van der Waals surface area contributed by atoms with Crippen LogP contribution < -0.4 is 10.9 Å². The highest BCUT2D eigenvalue weighted by molar-refractivity contribution is 6.61. The van der Waals surface area contributed by atoms with Crippen LogP contribution in [0.1, 0.15) is 38.8 Å². The average Bonchev–Trinajstić information content (AvgIpc) is 2.69. The van der Waals surface area contributed by atoms with E-state index < -0.39 is 19.2 Å². The number of nitrogens with zero attached hydrogens (tertiary/aromatic N) is 1. The van der Waals surface area contributed by atoms with Crippen LogP contribution in [0.2, 0.25) is 0 Å². The normalized spacial score (nSPS) is 18.8. The van der Waals surface area contributed by atoms with Crippen molar-refractivity contribution in [3.63, 3.8) is 0 Å². The first-order valence-electron chi connectivity index (χ1n) is 9.50. The number of nitro groups is 1. The van der Waals surface area contributed by atoms with Crippen molar-refractivity contribution in [3.05, 3.63) is 63.7 Å². The van der Waals surface area contributed by atoms with Gasteiger partial charge in [0.05, 0.1) is 4.92 Å². The van der Waals surface area contributed by atoms with Gasteiger partial charge in [-0.15, -0.1) is 0 Å². The molecule has 2 aliphatic heterocycles. The Morgan fingerprint density at radius 3 is 1.97 bits per heavy atom. The van der Waals surface area contributed by atoms with Gasteiger partial charge >= 0.3 is 14.2 Å². The number of nitro benzene ring substituents is 1. The lowest BCUT2D eigenvalue weighted by atomic mass is 9.66. The van der Waals surface area contributed by atoms with Crippen molar-refractivity contribution < 1.29 is 24.3 Å². The van der Waals surface area contributed by atoms with E-state index in [2.05, 4.69) is 19.9 Å². The summed E-state index contributed by atoms with van der Waals surface area (Å²) in [6.07, 6.45) is 0. The van der Waals surface area contributed by atoms with Gasteiger partial charge in [-0.05, 0) is 22.1 Å². The molecule has 0 atom stereocenters. The van der Waals surface area contributed by atoms with E-state index in [9.17, 15) is 20.2 Å². The van der Waals surface area contributed by atoms with Gasteiger partial charge in [0, 0.05) is 36.2 Å². The van der Waals surface area contributed by atoms with E-state index in [0.29, 0.717) is 18.7 Å². The molecule has 0 aromatic heterocycles. The molecule has 0 saturated carbocycles. The minimum Gasteiger partial charge on any atom is -0.423 e. The molecule has 2 aromatic rings. The predicted octanol–water partition coefficient (Wildman–Crippen LogP) is 1.27. The lowest BCUT2D eigenvalue weighted by molar-refractivity contribution is -0.384. The number of non-ortho nitro benzene ring substituents is 1. The van der Waals surface area contributed by atoms with E-state index in [1.165, 1.54) is 17.7 Å². The van der Waals surface area contributed by atoms with E-state index >= 15 is 0 Å². The van der Waals surface area contributed by atoms with Crippen molar-refractivity contribution in [1.82, 2.24) is 0 Å². The van der Waals surface area contributed by atoms with E-state index in [4.69, 9.17) is 9.31 Å². The van der Waals surface area contributed by atoms with Crippen LogP contribution in [-0.4, -0.2) is 42.4 Å². The second-order valence-electron chi connectivity index (χ2n) is 8.71. The fraction of sp³-hybridized carbons (Fsp3) is 0.400. The summed E-state index contributed by atoms with van der Waals surface area (Å²) < 4.78 is 10.5. The van der Waals surface area contributed by atoms with Crippen molar-refractivity contribution in [2.75, 3.05) is 13.2 Å². The molecule has 2 aliphatic rings. The summed E-state index contributed by atoms with van der Waals surface area (Å²) in [5.74, 6) is 0. The molecule has 0 saturated heterocycles. The highest BCUT2D eigenvalue weighted by Crippen LogP contribution is 2.28. The van der Waals surface area contributed by atoms with Crippen molar-refractivity contribution in [2.45, 2.75) is 38.5 Å². The molecular formula is C20H25B2NO6. The Bertz CT molecular complexity index is 918. The molecule has 29 heavy (non-hydrogen) atoms. The van der Waals surface area contributed by atoms with Gasteiger partial charge in [0.15, 0.2) is 0 Å². The standard InChI is InChI=1S/C10H12BNO4.C10H13BO2/c1-10(2)6-16-11(13)9-5-7(12(14)15)3-4-8(9)10;1-10(2)7-13-11(12)9-6-4-3-5-8(9)10/h3-5,13H,6H2,1-2H3;3-6,12H,7H2,1-2H3. The SMILES string of the molecule is CC1(C)COB(O)c2cc([N+](=O)[O-])ccc21.CC1(C)COB(O)c2ccccc21. The van der Waals surface area contributed by atoms with Gasteiger partial charge in [-0.2, -0.15) is 0 Å². The van der Waals surface area contributed by atoms with Gasteiger partial charge in [0.25, 0.3) is 5.69 Å². The second-order valence-corrected chi connectivity index (χ2v) is 8.71. The molecule has 0 radical (unpaired) electrons. The lowest BCUT2D eigenvalue weighted by Gasteiger charge is -2.33. The third-order valence-corrected chi connectivity index (χ3v) is 5.40. The fourth-order valence-electron chi connectivity index (χ4n) is 3.72. The van der Waals surface area contributed by atoms with Crippen LogP contribution in [0.4, 0.5) is 5.69 Å². The molecule has 9 heteroatoms. The summed E-state index contributed by atoms with van der Waals surface area (Å²) in [6, 6.07) is 12.4. The zero-order chi connectivity index (χ0) is 21.4. The Labute approximate surface area is 171 Å². The van der Waals surface area contributed by atoms with Crippen LogP contribution in [0.25, 0.3) is 0 Å². The van der Waals surface area contributed by atoms with Crippen LogP contribution in [0, 0.1) is 10.1 Å². The highest BCUT2D eigenvalue weighted by Gasteiger charge is 2.37. The zero-order valence-electron chi connectivity index (χ0n) is 17.1. The molecular weight excluding hydrogens is 372 g/mol. The highest BCUT2D eigenvalue weighted by atomic mass is 16.6. The Morgan fingerprint density at radius 2 is 1.41 bits per heavy atom. The first kappa shape index (κ1) is 21.5. The smallest absolute Gasteiger partial charge is 0.423 e. The molecule has 0 spiro atoms. The Kier molecular flexibility index (Phi) is 5.87. The second kappa shape index (κ2) is 7.91. The third kappa shape index (κ3) is 4.38. The maximum atomic E-state index is 10.6. The zero-order valence-corrected chi connectivity index (χ0v) is 17.1. The van der Waals surface area contributed by atoms with Crippen LogP contribution in [0.3, 0.4) is 0 Å². The number of rotatable bonds is 1. The molecule has 4 rings (SSSR count). The van der Waals surface area contributed by atoms with E-state index in [0.717, 1.165) is 11.0 Å². The van der Waals surface area contributed by atoms with Crippen LogP contribution >= 0.6 is 0 Å². The number of hydrogen-bond acceptors (Lipinski definition) is 6. The molecule has 0 unspecified atom stereocenters. The Morgan fingerprint density at radius 1 is 0.897 bits per heavy atom. The first-order chi connectivity index (χ1) is 13.5. The molecule has 152 valence electrons. The average molecular weight is 397 g/mol. The van der Waals surface area contributed by atoms with Gasteiger partial charge < -0.3 is 19.4 Å². The largest absolute Gasteiger partial charge is 0.491 e. The minimum absolute atomic E-state index is 0.00975. The van der Waals surface area contributed by atoms with Crippen molar-refractivity contribution in [1.29, 1.82) is 0 Å². The fourth-order valence-corrected chi connectivity index (χ4v) is 3.72. The van der Waals surface area contributed by atoms with Crippen LogP contribution in [0.5, 0.6) is 0 Å². The van der Waals surface area contributed by atoms with Crippen molar-refractivity contribution in [3.8, 4) is 0 Å². The molecule has 0 bridgehead atoms. The maximum Gasteiger partial charge on any atom is 0.491 e. The predicted molar refractivity (Wildman–Crippen MR) is 113 cm³/mol. The van der Waals surface area contributed by atoms with Gasteiger partial charge in [-0.1, -0.05) is 58.0 Å². The quantitative estimate of drug-likeness (QED) is 0.427. The minimum atomic E-state index is -1.07. The molecule has 0 amide bonds. The van der Waals surface area contributed by atoms with Gasteiger partial charge in [0.2, 0.25) is 0 Å². The Hall–Kier alpha value is -2.19. The summed E-state index contributed by atoms with van der Waals surface area (Å²) in [6.45, 7) is 9.17. The molecule has 2 N–H and O–H groups in total. The van der Waals surface area contributed by atoms with Crippen molar-refractivity contribution >= 4 is 30.8 Å². The third-order valence-electron chi connectivity index (χ3n) is 5.40. The Balaban J connectivity index is 0.000000169. The maximum absolute atomic E-state index is 10.6. The van der Waals surface area contributed by atoms with Gasteiger partial charge in [-0.3, -0.25) is 10.1 Å². The lowest BCUT2D eigenvalue weighted by Crippen LogP contribution is -2.48. The van der Waals surface area contributed by atoms with Crippen LogP contribution in [-0.2, 0) is 20.1 Å². The summed E-state index contributed by atoms with van der Waals surface area (Å²) in [4.78, 5) is 10.2.